The first-order chi connectivity index (χ1) is 36.2. The molecule has 0 radical (unpaired) electrons. The number of nitrogens with zero attached hydrogens (tertiary/aromatic N) is 4. The van der Waals surface area contributed by atoms with E-state index in [1.807, 2.05) is 97.1 Å². The van der Waals surface area contributed by atoms with Gasteiger partial charge in [0.1, 0.15) is 48.2 Å². The molecule has 74 heavy (non-hydrogen) atoms. The molecule has 0 saturated heterocycles. The van der Waals surface area contributed by atoms with Gasteiger partial charge < -0.3 is 47.4 Å². The van der Waals surface area contributed by atoms with E-state index in [0.29, 0.717) is 48.7 Å². The van der Waals surface area contributed by atoms with Gasteiger partial charge in [-0.1, -0.05) is 97.1 Å². The average Bonchev–Trinajstić information content (AvgIpc) is 4.29. The Bertz CT molecular complexity index is 2840. The second-order valence-electron chi connectivity index (χ2n) is 17.7. The third-order valence-electron chi connectivity index (χ3n) is 14.2. The van der Waals surface area contributed by atoms with Gasteiger partial charge in [-0.05, 0) is 44.5 Å². The Labute approximate surface area is 427 Å². The van der Waals surface area contributed by atoms with Gasteiger partial charge in [0.05, 0.1) is 90.1 Å². The number of methoxy groups -OCH3 is 6. The van der Waals surface area contributed by atoms with Crippen LogP contribution in [0.1, 0.15) is 22.3 Å². The molecule has 2 unspecified atom stereocenters. The van der Waals surface area contributed by atoms with Gasteiger partial charge in [-0.25, -0.2) is 29.2 Å². The van der Waals surface area contributed by atoms with E-state index < -0.39 is 46.8 Å². The highest BCUT2D eigenvalue weighted by Crippen LogP contribution is 2.64. The number of fused-ring (bicyclic) bond motifs is 14. The molecule has 10 rings (SSSR count). The number of hydrazone groups is 2. The number of hydrogen-bond acceptors (Lipinski definition) is 18. The number of benzene rings is 4. The second kappa shape index (κ2) is 20.5. The summed E-state index contributed by atoms with van der Waals surface area (Å²) in [6, 6.07) is 28.5. The maximum atomic E-state index is 14.7. The van der Waals surface area contributed by atoms with Gasteiger partial charge in [0.25, 0.3) is 0 Å². The number of rotatable bonds is 19. The first-order valence-corrected chi connectivity index (χ1v) is 24.0. The van der Waals surface area contributed by atoms with Gasteiger partial charge in [0.2, 0.25) is 0 Å². The maximum Gasteiger partial charge on any atom is 0.356 e. The predicted molar refractivity (Wildman–Crippen MR) is 267 cm³/mol. The van der Waals surface area contributed by atoms with Crippen LogP contribution in [0.5, 0.6) is 0 Å². The first kappa shape index (κ1) is 49.7. The highest BCUT2D eigenvalue weighted by atomic mass is 16.6. The molecule has 0 saturated carbocycles. The summed E-state index contributed by atoms with van der Waals surface area (Å²) in [5, 5.41) is 13.3. The van der Waals surface area contributed by atoms with Crippen molar-refractivity contribution in [2.45, 2.75) is 22.9 Å². The minimum absolute atomic E-state index is 0.0145. The standard InChI is InChI=1S/C56H54N4O14/c1-65-23-25-71-27-29-73-43-31-41(57-59-47(53(63)69-5)45(51(61)67-3)55(49(43)59)37-19-11-7-15-33(37)34-16-8-12-20-38(34)55)42-32-44(74-30-28-72-26-24-66-2)50-56(46(52(62)68-4)48(54(64)70-6)60(50)58-42)39-21-13-9-17-35(39)36-18-10-14-22-40(36)56/h7-22,31-32,49-50H,23-30H2,1-6H3. The van der Waals surface area contributed by atoms with Crippen molar-refractivity contribution in [2.24, 2.45) is 10.2 Å². The topological polar surface area (TPSA) is 192 Å². The molecule has 382 valence electrons. The van der Waals surface area contributed by atoms with E-state index in [0.717, 1.165) is 22.3 Å². The van der Waals surface area contributed by atoms with Crippen LogP contribution >= 0.6 is 0 Å². The summed E-state index contributed by atoms with van der Waals surface area (Å²) in [7, 11) is 8.10. The molecule has 2 aliphatic carbocycles. The van der Waals surface area contributed by atoms with Crippen LogP contribution in [0.4, 0.5) is 0 Å². The summed E-state index contributed by atoms with van der Waals surface area (Å²) in [5.41, 5.74) is 2.92. The van der Waals surface area contributed by atoms with Gasteiger partial charge >= 0.3 is 23.9 Å². The zero-order valence-corrected chi connectivity index (χ0v) is 41.7. The fraction of sp³-hybridized carbons (Fsp3) is 0.321. The second-order valence-corrected chi connectivity index (χ2v) is 17.7. The van der Waals surface area contributed by atoms with Gasteiger partial charge in [-0.15, -0.1) is 0 Å². The Morgan fingerprint density at radius 1 is 0.432 bits per heavy atom. The van der Waals surface area contributed by atoms with Crippen molar-refractivity contribution in [3.8, 4) is 22.3 Å². The maximum absolute atomic E-state index is 14.7. The Morgan fingerprint density at radius 3 is 1.05 bits per heavy atom. The third-order valence-corrected chi connectivity index (χ3v) is 14.2. The van der Waals surface area contributed by atoms with Gasteiger partial charge in [-0.2, -0.15) is 10.2 Å². The zero-order valence-electron chi connectivity index (χ0n) is 41.7. The van der Waals surface area contributed by atoms with E-state index in [2.05, 4.69) is 0 Å². The average molecular weight is 1010 g/mol. The molecule has 2 spiro atoms. The number of carbonyl (C=O) groups is 4. The largest absolute Gasteiger partial charge is 0.493 e. The lowest BCUT2D eigenvalue weighted by Gasteiger charge is -2.41. The summed E-state index contributed by atoms with van der Waals surface area (Å²) < 4.78 is 57.9. The van der Waals surface area contributed by atoms with E-state index in [-0.39, 0.29) is 71.9 Å². The SMILES string of the molecule is COCCOCCOC1=CC(C2=NN3C(C(=O)OC)=C(C(=O)OC)C4(c5ccccc5-c5ccccc54)C3C(OCCOCCOC)=C2)=NN2C(C(=O)OC)=C(C(=O)OC)C3(c4ccccc4-c4ccccc43)C12. The van der Waals surface area contributed by atoms with Crippen LogP contribution in [-0.4, -0.2) is 153 Å². The van der Waals surface area contributed by atoms with E-state index in [1.54, 1.807) is 26.4 Å². The monoisotopic (exact) mass is 1010 g/mol. The lowest BCUT2D eigenvalue weighted by atomic mass is 9.67. The minimum atomic E-state index is -1.46. The minimum Gasteiger partial charge on any atom is -0.493 e. The number of allylic oxidation sites excluding steroid dienone is 2. The van der Waals surface area contributed by atoms with Crippen LogP contribution in [-0.2, 0) is 77.4 Å². The number of ether oxygens (including phenoxy) is 10. The van der Waals surface area contributed by atoms with E-state index in [1.165, 1.54) is 38.5 Å². The molecule has 0 aromatic heterocycles. The Balaban J connectivity index is 1.22. The van der Waals surface area contributed by atoms with Crippen molar-refractivity contribution in [2.75, 3.05) is 95.5 Å². The van der Waals surface area contributed by atoms with Crippen LogP contribution in [0.3, 0.4) is 0 Å². The Kier molecular flexibility index (Phi) is 13.8. The summed E-state index contributed by atoms with van der Waals surface area (Å²) in [6.07, 6.45) is 3.37. The summed E-state index contributed by atoms with van der Waals surface area (Å²) in [5.74, 6) is -2.82. The van der Waals surface area contributed by atoms with Crippen LogP contribution < -0.4 is 0 Å². The summed E-state index contributed by atoms with van der Waals surface area (Å²) >= 11 is 0. The highest BCUT2D eigenvalue weighted by molar-refractivity contribution is 6.50. The molecule has 6 aliphatic rings. The van der Waals surface area contributed by atoms with Gasteiger partial charge in [0, 0.05) is 26.4 Å². The molecular weight excluding hydrogens is 953 g/mol. The van der Waals surface area contributed by atoms with Crippen molar-refractivity contribution < 1.29 is 66.5 Å². The van der Waals surface area contributed by atoms with Crippen molar-refractivity contribution in [3.05, 3.63) is 166 Å². The Hall–Kier alpha value is -7.90. The normalized spacial score (nSPS) is 18.8. The molecule has 0 N–H and O–H groups in total. The molecule has 0 amide bonds. The van der Waals surface area contributed by atoms with E-state index >= 15 is 0 Å². The molecule has 4 aliphatic heterocycles. The van der Waals surface area contributed by atoms with Crippen LogP contribution in [0.2, 0.25) is 0 Å². The zero-order chi connectivity index (χ0) is 51.7. The molecule has 4 heterocycles. The quantitative estimate of drug-likeness (QED) is 0.0663. The van der Waals surface area contributed by atoms with Crippen molar-refractivity contribution in [1.29, 1.82) is 0 Å². The van der Waals surface area contributed by atoms with Gasteiger partial charge in [-0.3, -0.25) is 0 Å². The lowest BCUT2D eigenvalue weighted by Crippen LogP contribution is -2.50. The molecule has 18 heteroatoms. The molecule has 2 atom stereocenters. The molecule has 0 fully saturated rings. The fourth-order valence-electron chi connectivity index (χ4n) is 11.5. The van der Waals surface area contributed by atoms with Crippen LogP contribution in [0, 0.1) is 0 Å². The first-order valence-electron chi connectivity index (χ1n) is 24.0. The van der Waals surface area contributed by atoms with Crippen molar-refractivity contribution >= 4 is 35.3 Å². The Morgan fingerprint density at radius 2 is 0.743 bits per heavy atom. The third kappa shape index (κ3) is 7.53. The molecule has 4 aromatic carbocycles. The van der Waals surface area contributed by atoms with Crippen LogP contribution in [0.25, 0.3) is 22.3 Å². The van der Waals surface area contributed by atoms with Crippen LogP contribution in [0.15, 0.2) is 153 Å². The van der Waals surface area contributed by atoms with E-state index in [9.17, 15) is 19.2 Å². The summed E-state index contributed by atoms with van der Waals surface area (Å²) in [6.45, 7) is 1.60. The number of carbonyl (C=O) groups excluding carboxylic acids is 4. The lowest BCUT2D eigenvalue weighted by molar-refractivity contribution is -0.140. The van der Waals surface area contributed by atoms with Crippen molar-refractivity contribution in [1.82, 2.24) is 10.0 Å². The van der Waals surface area contributed by atoms with Gasteiger partial charge in [0.15, 0.2) is 11.4 Å². The molecular formula is C56H54N4O14. The molecule has 18 nitrogen and oxygen atoms in total. The summed E-state index contributed by atoms with van der Waals surface area (Å²) in [4.78, 5) is 58.5. The highest BCUT2D eigenvalue weighted by Gasteiger charge is 2.68. The fourth-order valence-corrected chi connectivity index (χ4v) is 11.5. The molecule has 4 aromatic rings. The van der Waals surface area contributed by atoms with E-state index in [4.69, 9.17) is 57.6 Å². The van der Waals surface area contributed by atoms with Crippen molar-refractivity contribution in [3.63, 3.8) is 0 Å². The predicted octanol–water partition coefficient (Wildman–Crippen LogP) is 5.35. The smallest absolute Gasteiger partial charge is 0.356 e. The molecule has 0 bridgehead atoms. The number of esters is 4. The number of hydrogen-bond donors (Lipinski definition) is 0.